The van der Waals surface area contributed by atoms with E-state index in [1.807, 2.05) is 62.4 Å². The molecule has 1 N–H and O–H groups in total. The van der Waals surface area contributed by atoms with E-state index in [9.17, 15) is 9.90 Å². The number of hydrogen-bond donors (Lipinski definition) is 1. The smallest absolute Gasteiger partial charge is 0.310 e. The molecule has 5 aromatic rings. The van der Waals surface area contributed by atoms with E-state index in [0.29, 0.717) is 26.4 Å². The summed E-state index contributed by atoms with van der Waals surface area (Å²) < 4.78 is 25.6. The number of methoxy groups -OCH3 is 1. The van der Waals surface area contributed by atoms with Gasteiger partial charge in [0.2, 0.25) is 0 Å². The summed E-state index contributed by atoms with van der Waals surface area (Å²) in [6.45, 7) is 13.9. The number of imidazole rings is 1. The van der Waals surface area contributed by atoms with Crippen molar-refractivity contribution in [2.75, 3.05) is 44.9 Å². The van der Waals surface area contributed by atoms with Gasteiger partial charge in [-0.25, -0.2) is 4.98 Å². The number of fused-ring (bicyclic) bond motifs is 1. The maximum Gasteiger partial charge on any atom is 0.310 e. The van der Waals surface area contributed by atoms with Gasteiger partial charge in [-0.05, 0) is 87.9 Å². The van der Waals surface area contributed by atoms with Gasteiger partial charge in [-0.3, -0.25) is 9.20 Å². The number of phenolic OH excluding ortho intramolecular Hbond substituents is 1. The second-order valence-electron chi connectivity index (χ2n) is 14.2. The van der Waals surface area contributed by atoms with Crippen molar-refractivity contribution in [1.82, 2.24) is 9.38 Å². The molecule has 0 amide bonds. The molecule has 0 aliphatic carbocycles. The van der Waals surface area contributed by atoms with Crippen LogP contribution in [0.5, 0.6) is 5.75 Å². The Balaban J connectivity index is 1.17. The number of phenols is 1. The summed E-state index contributed by atoms with van der Waals surface area (Å²) in [5, 5.41) is 10.6. The van der Waals surface area contributed by atoms with Crippen molar-refractivity contribution in [1.29, 1.82) is 0 Å². The molecule has 1 saturated heterocycles. The minimum atomic E-state index is -0.293. The summed E-state index contributed by atoms with van der Waals surface area (Å²) in [7, 11) is 1.43. The molecule has 1 aliphatic rings. The normalized spacial score (nSPS) is 14.8. The number of aryl methyl sites for hydroxylation is 2. The SMILES string of the molecule is COC(=O)Cc1c(C)c(C)c2nc(-c3cccc(-c4cc(C)ccc4O)c3)cn2c1N1CCC(C)(OCCOCC(C)OCc2ccccc2)CC1. The Morgan fingerprint density at radius 2 is 1.69 bits per heavy atom. The molecule has 0 saturated carbocycles. The van der Waals surface area contributed by atoms with Crippen LogP contribution in [0, 0.1) is 20.8 Å². The number of anilines is 1. The van der Waals surface area contributed by atoms with Crippen molar-refractivity contribution in [3.05, 3.63) is 107 Å². The minimum absolute atomic E-state index is 0.0119. The molecule has 52 heavy (non-hydrogen) atoms. The van der Waals surface area contributed by atoms with Gasteiger partial charge >= 0.3 is 5.97 Å². The number of aromatic nitrogens is 2. The largest absolute Gasteiger partial charge is 0.507 e. The number of esters is 1. The van der Waals surface area contributed by atoms with Crippen molar-refractivity contribution in [3.8, 4) is 28.1 Å². The molecule has 6 rings (SSSR count). The van der Waals surface area contributed by atoms with Crippen LogP contribution in [0.3, 0.4) is 0 Å². The van der Waals surface area contributed by atoms with Gasteiger partial charge in [-0.2, -0.15) is 0 Å². The lowest BCUT2D eigenvalue weighted by Crippen LogP contribution is -2.45. The zero-order valence-electron chi connectivity index (χ0n) is 31.3. The van der Waals surface area contributed by atoms with Gasteiger partial charge in [0.05, 0.1) is 57.4 Å². The molecular formula is C43H51N3O6. The summed E-state index contributed by atoms with van der Waals surface area (Å²) in [4.78, 5) is 20.3. The van der Waals surface area contributed by atoms with Crippen molar-refractivity contribution in [2.24, 2.45) is 0 Å². The third-order valence-electron chi connectivity index (χ3n) is 10.3. The van der Waals surface area contributed by atoms with E-state index in [4.69, 9.17) is 23.9 Å². The van der Waals surface area contributed by atoms with Crippen LogP contribution in [-0.2, 0) is 36.8 Å². The Morgan fingerprint density at radius 1 is 0.942 bits per heavy atom. The van der Waals surface area contributed by atoms with Gasteiger partial charge in [-0.15, -0.1) is 0 Å². The van der Waals surface area contributed by atoms with E-state index in [1.54, 1.807) is 6.07 Å². The molecule has 1 aliphatic heterocycles. The zero-order valence-corrected chi connectivity index (χ0v) is 31.3. The number of rotatable bonds is 14. The second kappa shape index (κ2) is 16.3. The lowest BCUT2D eigenvalue weighted by Gasteiger charge is -2.41. The number of carbonyl (C=O) groups is 1. The third kappa shape index (κ3) is 8.49. The van der Waals surface area contributed by atoms with E-state index in [-0.39, 0.29) is 29.8 Å². The van der Waals surface area contributed by atoms with Crippen molar-refractivity contribution >= 4 is 17.4 Å². The summed E-state index contributed by atoms with van der Waals surface area (Å²) in [5.74, 6) is 0.926. The standard InChI is InChI=1S/C43H51N3O6/c1-29-15-16-39(47)37(23-29)34-13-10-14-35(24-34)38-26-46-41(44-38)32(4)31(3)36(25-40(48)49-6)42(46)45-19-17-43(5,18-20-45)52-22-21-50-27-30(2)51-28-33-11-8-7-9-12-33/h7-16,23-24,26,30,47H,17-22,25,27-28H2,1-6H3. The van der Waals surface area contributed by atoms with E-state index in [0.717, 1.165) is 87.6 Å². The maximum absolute atomic E-state index is 12.8. The Labute approximate surface area is 307 Å². The monoisotopic (exact) mass is 705 g/mol. The highest BCUT2D eigenvalue weighted by Crippen LogP contribution is 2.37. The summed E-state index contributed by atoms with van der Waals surface area (Å²) in [5.41, 5.74) is 9.24. The molecule has 3 heterocycles. The number of nitrogens with zero attached hydrogens (tertiary/aromatic N) is 3. The van der Waals surface area contributed by atoms with Crippen LogP contribution in [0.2, 0.25) is 0 Å². The summed E-state index contributed by atoms with van der Waals surface area (Å²) >= 11 is 0. The number of ether oxygens (including phenoxy) is 4. The van der Waals surface area contributed by atoms with Crippen LogP contribution in [0.15, 0.2) is 79.0 Å². The molecular weight excluding hydrogens is 654 g/mol. The molecule has 1 atom stereocenters. The first-order chi connectivity index (χ1) is 25.0. The van der Waals surface area contributed by atoms with Crippen molar-refractivity contribution in [2.45, 2.75) is 72.2 Å². The number of piperidine rings is 1. The second-order valence-corrected chi connectivity index (χ2v) is 14.2. The van der Waals surface area contributed by atoms with Crippen LogP contribution < -0.4 is 4.90 Å². The van der Waals surface area contributed by atoms with Gasteiger partial charge in [0.25, 0.3) is 0 Å². The highest BCUT2D eigenvalue weighted by Gasteiger charge is 2.33. The fourth-order valence-corrected chi connectivity index (χ4v) is 6.94. The van der Waals surface area contributed by atoms with Crippen LogP contribution in [0.4, 0.5) is 5.82 Å². The summed E-state index contributed by atoms with van der Waals surface area (Å²) in [6.07, 6.45) is 3.86. The molecule has 0 spiro atoms. The van der Waals surface area contributed by atoms with Gasteiger partial charge < -0.3 is 29.0 Å². The molecule has 274 valence electrons. The average molecular weight is 706 g/mol. The predicted molar refractivity (Wildman–Crippen MR) is 205 cm³/mol. The van der Waals surface area contributed by atoms with Crippen LogP contribution >= 0.6 is 0 Å². The number of pyridine rings is 1. The first-order valence-electron chi connectivity index (χ1n) is 18.2. The lowest BCUT2D eigenvalue weighted by molar-refractivity contribution is -0.139. The quantitative estimate of drug-likeness (QED) is 0.0918. The molecule has 2 aromatic heterocycles. The fraction of sp³-hybridized carbons (Fsp3) is 0.395. The first kappa shape index (κ1) is 37.1. The molecule has 9 nitrogen and oxygen atoms in total. The van der Waals surface area contributed by atoms with Crippen LogP contribution in [0.1, 0.15) is 54.5 Å². The molecule has 3 aromatic carbocycles. The molecule has 1 fully saturated rings. The van der Waals surface area contributed by atoms with E-state index in [1.165, 1.54) is 7.11 Å². The Bertz CT molecular complexity index is 2000. The van der Waals surface area contributed by atoms with Gasteiger partial charge in [-0.1, -0.05) is 60.2 Å². The van der Waals surface area contributed by atoms with Crippen molar-refractivity contribution < 1.29 is 28.8 Å². The number of carbonyl (C=O) groups excluding carboxylic acids is 1. The highest BCUT2D eigenvalue weighted by molar-refractivity contribution is 5.80. The molecule has 0 bridgehead atoms. The number of benzene rings is 3. The van der Waals surface area contributed by atoms with Crippen molar-refractivity contribution in [3.63, 3.8) is 0 Å². The van der Waals surface area contributed by atoms with E-state index < -0.39 is 0 Å². The number of hydrogen-bond acceptors (Lipinski definition) is 8. The Hall–Kier alpha value is -4.70. The highest BCUT2D eigenvalue weighted by atomic mass is 16.6. The predicted octanol–water partition coefficient (Wildman–Crippen LogP) is 8.01. The lowest BCUT2D eigenvalue weighted by atomic mass is 9.92. The summed E-state index contributed by atoms with van der Waals surface area (Å²) in [6, 6.07) is 23.9. The van der Waals surface area contributed by atoms with Crippen LogP contribution in [-0.4, -0.2) is 72.2 Å². The first-order valence-corrected chi connectivity index (χ1v) is 18.2. The van der Waals surface area contributed by atoms with Gasteiger partial charge in [0.15, 0.2) is 0 Å². The maximum atomic E-state index is 12.8. The minimum Gasteiger partial charge on any atom is -0.507 e. The Kier molecular flexibility index (Phi) is 11.6. The molecule has 1 unspecified atom stereocenters. The molecule has 9 heteroatoms. The number of aromatic hydroxyl groups is 1. The molecule has 0 radical (unpaired) electrons. The fourth-order valence-electron chi connectivity index (χ4n) is 6.94. The van der Waals surface area contributed by atoms with E-state index >= 15 is 0 Å². The zero-order chi connectivity index (χ0) is 36.8. The van der Waals surface area contributed by atoms with Gasteiger partial charge in [0.1, 0.15) is 17.2 Å². The van der Waals surface area contributed by atoms with Gasteiger partial charge in [0, 0.05) is 36.0 Å². The third-order valence-corrected chi connectivity index (χ3v) is 10.3. The Morgan fingerprint density at radius 3 is 2.44 bits per heavy atom. The average Bonchev–Trinajstić information content (AvgIpc) is 3.60. The van der Waals surface area contributed by atoms with E-state index in [2.05, 4.69) is 54.5 Å². The van der Waals surface area contributed by atoms with Crippen LogP contribution in [0.25, 0.3) is 28.0 Å². The topological polar surface area (TPSA) is 94.8 Å².